The number of hydrogen-bond donors (Lipinski definition) is 2. The van der Waals surface area contributed by atoms with Crippen LogP contribution < -0.4 is 14.8 Å². The molecule has 0 unspecified atom stereocenters. The quantitative estimate of drug-likeness (QED) is 0.884. The summed E-state index contributed by atoms with van der Waals surface area (Å²) >= 11 is 0. The minimum atomic E-state index is -0.365. The van der Waals surface area contributed by atoms with E-state index in [0.717, 1.165) is 23.5 Å². The summed E-state index contributed by atoms with van der Waals surface area (Å²) in [5.41, 5.74) is 2.27. The zero-order valence-electron chi connectivity index (χ0n) is 14.0. The van der Waals surface area contributed by atoms with Crippen LogP contribution in [0.3, 0.4) is 0 Å². The number of nitrogens with one attached hydrogen (secondary N) is 1. The zero-order chi connectivity index (χ0) is 15.5. The first-order valence-corrected chi connectivity index (χ1v) is 8.39. The largest absolute Gasteiger partial charge is 0.496 e. The van der Waals surface area contributed by atoms with Crippen LogP contribution in [-0.4, -0.2) is 37.5 Å². The Morgan fingerprint density at radius 1 is 0.957 bits per heavy atom. The third-order valence-corrected chi connectivity index (χ3v) is 5.14. The average molecular weight is 342 g/mol. The molecule has 1 aromatic rings. The Kier molecular flexibility index (Phi) is 6.57. The third-order valence-electron chi connectivity index (χ3n) is 5.14. The van der Waals surface area contributed by atoms with Gasteiger partial charge in [-0.25, -0.2) is 0 Å². The van der Waals surface area contributed by atoms with Crippen molar-refractivity contribution < 1.29 is 14.6 Å². The van der Waals surface area contributed by atoms with Crippen LogP contribution in [0.1, 0.15) is 43.2 Å². The number of aliphatic hydroxyl groups is 1. The van der Waals surface area contributed by atoms with Gasteiger partial charge in [-0.2, -0.15) is 0 Å². The lowest BCUT2D eigenvalue weighted by Crippen LogP contribution is -2.50. The third kappa shape index (κ3) is 3.93. The van der Waals surface area contributed by atoms with Gasteiger partial charge in [0.25, 0.3) is 0 Å². The molecule has 0 bridgehead atoms. The van der Waals surface area contributed by atoms with Crippen LogP contribution in [0.5, 0.6) is 11.5 Å². The van der Waals surface area contributed by atoms with Gasteiger partial charge in [0, 0.05) is 29.6 Å². The Morgan fingerprint density at radius 3 is 2.09 bits per heavy atom. The summed E-state index contributed by atoms with van der Waals surface area (Å²) in [6, 6.07) is 4.55. The summed E-state index contributed by atoms with van der Waals surface area (Å²) in [5.74, 6) is 1.75. The molecule has 0 amide bonds. The molecule has 2 atom stereocenters. The summed E-state index contributed by atoms with van der Waals surface area (Å²) < 4.78 is 11.0. The van der Waals surface area contributed by atoms with Gasteiger partial charge in [-0.15, -0.1) is 12.4 Å². The van der Waals surface area contributed by atoms with Gasteiger partial charge in [0.05, 0.1) is 20.3 Å². The van der Waals surface area contributed by atoms with Crippen molar-refractivity contribution in [1.29, 1.82) is 0 Å². The van der Waals surface area contributed by atoms with Gasteiger partial charge in [-0.05, 0) is 31.4 Å². The number of benzene rings is 1. The second-order valence-electron chi connectivity index (χ2n) is 6.51. The van der Waals surface area contributed by atoms with E-state index in [1.807, 2.05) is 12.1 Å². The van der Waals surface area contributed by atoms with Gasteiger partial charge >= 0.3 is 0 Å². The normalized spacial score (nSPS) is 24.5. The molecule has 5 heteroatoms. The van der Waals surface area contributed by atoms with Gasteiger partial charge in [-0.3, -0.25) is 0 Å². The zero-order valence-corrected chi connectivity index (χ0v) is 14.8. The standard InChI is InChI=1S/C18H27NO3.ClH/c1-21-17-8-9-18(22-2)14-11-16(20)15(10-13(14)17)19-12-6-4-3-5-7-12;/h8-9,12,15-16,19-20H,3-7,10-11H2,1-2H3;1H/t15-,16-;/m1./s1. The predicted octanol–water partition coefficient (Wildman–Crippen LogP) is 2.88. The molecule has 2 aliphatic carbocycles. The Labute approximate surface area is 145 Å². The molecule has 1 saturated carbocycles. The molecule has 4 nitrogen and oxygen atoms in total. The monoisotopic (exact) mass is 341 g/mol. The molecule has 1 fully saturated rings. The summed E-state index contributed by atoms with van der Waals surface area (Å²) in [6.07, 6.45) is 7.46. The van der Waals surface area contributed by atoms with E-state index < -0.39 is 0 Å². The molecule has 3 rings (SSSR count). The molecule has 0 saturated heterocycles. The average Bonchev–Trinajstić information content (AvgIpc) is 2.55. The van der Waals surface area contributed by atoms with E-state index in [0.29, 0.717) is 12.5 Å². The number of fused-ring (bicyclic) bond motifs is 1. The lowest BCUT2D eigenvalue weighted by atomic mass is 9.83. The van der Waals surface area contributed by atoms with Gasteiger partial charge in [0.2, 0.25) is 0 Å². The van der Waals surface area contributed by atoms with Crippen LogP contribution in [0, 0.1) is 0 Å². The van der Waals surface area contributed by atoms with Crippen molar-refractivity contribution in [3.8, 4) is 11.5 Å². The van der Waals surface area contributed by atoms with Crippen LogP contribution in [-0.2, 0) is 12.8 Å². The fraction of sp³-hybridized carbons (Fsp3) is 0.667. The molecule has 0 aromatic heterocycles. The molecule has 0 radical (unpaired) electrons. The molecule has 23 heavy (non-hydrogen) atoms. The van der Waals surface area contributed by atoms with Crippen molar-refractivity contribution in [2.75, 3.05) is 14.2 Å². The van der Waals surface area contributed by atoms with E-state index in [9.17, 15) is 5.11 Å². The van der Waals surface area contributed by atoms with Gasteiger partial charge in [0.1, 0.15) is 11.5 Å². The lowest BCUT2D eigenvalue weighted by molar-refractivity contribution is 0.107. The van der Waals surface area contributed by atoms with E-state index in [2.05, 4.69) is 5.32 Å². The Balaban J connectivity index is 0.00000192. The van der Waals surface area contributed by atoms with Crippen LogP contribution in [0.15, 0.2) is 12.1 Å². The highest BCUT2D eigenvalue weighted by Gasteiger charge is 2.32. The maximum absolute atomic E-state index is 10.6. The summed E-state index contributed by atoms with van der Waals surface area (Å²) in [7, 11) is 3.39. The first kappa shape index (κ1) is 18.4. The fourth-order valence-corrected chi connectivity index (χ4v) is 3.93. The Hall–Kier alpha value is -0.970. The van der Waals surface area contributed by atoms with Crippen molar-refractivity contribution in [2.45, 2.75) is 63.1 Å². The topological polar surface area (TPSA) is 50.7 Å². The van der Waals surface area contributed by atoms with E-state index in [4.69, 9.17) is 9.47 Å². The number of halogens is 1. The molecule has 1 aromatic carbocycles. The summed E-state index contributed by atoms with van der Waals surface area (Å²) in [4.78, 5) is 0. The number of hydrogen-bond acceptors (Lipinski definition) is 4. The van der Waals surface area contributed by atoms with E-state index in [1.165, 1.54) is 37.7 Å². The van der Waals surface area contributed by atoms with E-state index in [1.54, 1.807) is 14.2 Å². The molecular formula is C18H28ClNO3. The lowest BCUT2D eigenvalue weighted by Gasteiger charge is -2.36. The van der Waals surface area contributed by atoms with Crippen molar-refractivity contribution >= 4 is 12.4 Å². The fourth-order valence-electron chi connectivity index (χ4n) is 3.93. The first-order chi connectivity index (χ1) is 10.7. The van der Waals surface area contributed by atoms with Gasteiger partial charge in [0.15, 0.2) is 0 Å². The van der Waals surface area contributed by atoms with Crippen molar-refractivity contribution in [3.05, 3.63) is 23.3 Å². The van der Waals surface area contributed by atoms with Crippen molar-refractivity contribution in [3.63, 3.8) is 0 Å². The van der Waals surface area contributed by atoms with Gasteiger partial charge < -0.3 is 19.9 Å². The minimum Gasteiger partial charge on any atom is -0.496 e. The van der Waals surface area contributed by atoms with Gasteiger partial charge in [-0.1, -0.05) is 19.3 Å². The van der Waals surface area contributed by atoms with Crippen LogP contribution in [0.25, 0.3) is 0 Å². The predicted molar refractivity (Wildman–Crippen MR) is 94.0 cm³/mol. The highest BCUT2D eigenvalue weighted by molar-refractivity contribution is 5.85. The van der Waals surface area contributed by atoms with Crippen LogP contribution in [0.2, 0.25) is 0 Å². The van der Waals surface area contributed by atoms with Crippen LogP contribution >= 0.6 is 12.4 Å². The number of rotatable bonds is 4. The number of methoxy groups -OCH3 is 2. The molecule has 0 heterocycles. The maximum atomic E-state index is 10.6. The minimum absolute atomic E-state index is 0. The smallest absolute Gasteiger partial charge is 0.122 e. The highest BCUT2D eigenvalue weighted by atomic mass is 35.5. The summed E-state index contributed by atoms with van der Waals surface area (Å²) in [5, 5.41) is 14.3. The molecule has 2 N–H and O–H groups in total. The molecule has 2 aliphatic rings. The van der Waals surface area contributed by atoms with Crippen molar-refractivity contribution in [2.24, 2.45) is 0 Å². The SMILES string of the molecule is COc1ccc(OC)c2c1C[C@@H](O)[C@H](NC1CCCCC1)C2.Cl. The van der Waals surface area contributed by atoms with E-state index >= 15 is 0 Å². The summed E-state index contributed by atoms with van der Waals surface area (Å²) in [6.45, 7) is 0. The Bertz CT molecular complexity index is 517. The molecule has 0 spiro atoms. The molecular weight excluding hydrogens is 314 g/mol. The van der Waals surface area contributed by atoms with Crippen molar-refractivity contribution in [1.82, 2.24) is 5.32 Å². The first-order valence-electron chi connectivity index (χ1n) is 8.39. The number of aliphatic hydroxyl groups excluding tert-OH is 1. The highest BCUT2D eigenvalue weighted by Crippen LogP contribution is 2.36. The molecule has 130 valence electrons. The van der Waals surface area contributed by atoms with E-state index in [-0.39, 0.29) is 24.6 Å². The number of ether oxygens (including phenoxy) is 2. The van der Waals surface area contributed by atoms with Crippen LogP contribution in [0.4, 0.5) is 0 Å². The Morgan fingerprint density at radius 2 is 1.52 bits per heavy atom. The molecule has 0 aliphatic heterocycles. The maximum Gasteiger partial charge on any atom is 0.122 e. The second-order valence-corrected chi connectivity index (χ2v) is 6.51. The second kappa shape index (κ2) is 8.22.